The Hall–Kier alpha value is -3.40. The average Bonchev–Trinajstić information content (AvgIpc) is 2.83. The highest BCUT2D eigenvalue weighted by atomic mass is 32.2. The summed E-state index contributed by atoms with van der Waals surface area (Å²) in [4.78, 5) is 13.4. The van der Waals surface area contributed by atoms with Gasteiger partial charge in [-0.1, -0.05) is 85.9 Å². The van der Waals surface area contributed by atoms with E-state index in [-0.39, 0.29) is 11.1 Å². The number of nitrogens with zero attached hydrogens (tertiary/aromatic N) is 1. The van der Waals surface area contributed by atoms with E-state index >= 15 is 0 Å². The van der Waals surface area contributed by atoms with Gasteiger partial charge < -0.3 is 4.74 Å². The summed E-state index contributed by atoms with van der Waals surface area (Å²) in [5, 5.41) is 4.25. The Bertz CT molecular complexity index is 1310. The highest BCUT2D eigenvalue weighted by Crippen LogP contribution is 2.30. The molecule has 186 valence electrons. The summed E-state index contributed by atoms with van der Waals surface area (Å²) in [6.45, 7) is 2.61. The minimum absolute atomic E-state index is 0.0928. The number of ether oxygens (including phenoxy) is 1. The summed E-state index contributed by atoms with van der Waals surface area (Å²) in [6, 6.07) is 17.5. The fourth-order valence-corrected chi connectivity index (χ4v) is 3.64. The molecule has 0 heterocycles. The standard InChI is InChI=1S/C25H24F3NO5S/c1-2-3-4-10-17-33-22-16-15-21(19-13-8-9-14-20(19)22)24(30)23(18-11-6-5-7-12-18)29-34-35(31,32)25(26,27)28/h5-9,11-16H,2-4,10,17H2,1H3/b29-23+. The van der Waals surface area contributed by atoms with E-state index in [1.165, 1.54) is 30.3 Å². The van der Waals surface area contributed by atoms with Crippen molar-refractivity contribution in [2.24, 2.45) is 5.16 Å². The highest BCUT2D eigenvalue weighted by Gasteiger charge is 2.49. The van der Waals surface area contributed by atoms with Crippen LogP contribution in [0, 0.1) is 0 Å². The molecule has 0 aliphatic carbocycles. The second kappa shape index (κ2) is 11.4. The number of unbranched alkanes of at least 4 members (excludes halogenated alkanes) is 3. The van der Waals surface area contributed by atoms with E-state index in [9.17, 15) is 26.4 Å². The van der Waals surface area contributed by atoms with Gasteiger partial charge in [0.25, 0.3) is 0 Å². The lowest BCUT2D eigenvalue weighted by atomic mass is 9.95. The number of ketones is 1. The fraction of sp³-hybridized carbons (Fsp3) is 0.280. The third-order valence-electron chi connectivity index (χ3n) is 5.16. The molecule has 0 amide bonds. The van der Waals surface area contributed by atoms with Gasteiger partial charge in [-0.05, 0) is 23.9 Å². The normalized spacial score (nSPS) is 12.5. The summed E-state index contributed by atoms with van der Waals surface area (Å²) in [6.07, 6.45) is 4.10. The molecule has 0 aliphatic rings. The third-order valence-corrected chi connectivity index (χ3v) is 5.99. The molecule has 10 heteroatoms. The molecule has 0 aromatic heterocycles. The van der Waals surface area contributed by atoms with Crippen molar-refractivity contribution in [2.75, 3.05) is 6.61 Å². The molecule has 0 saturated heterocycles. The van der Waals surface area contributed by atoms with Crippen LogP contribution < -0.4 is 4.74 Å². The zero-order valence-electron chi connectivity index (χ0n) is 18.9. The summed E-state index contributed by atoms with van der Waals surface area (Å²) in [7, 11) is -6.04. The predicted octanol–water partition coefficient (Wildman–Crippen LogP) is 6.25. The molecule has 0 saturated carbocycles. The van der Waals surface area contributed by atoms with Gasteiger partial charge in [-0.15, -0.1) is 0 Å². The minimum Gasteiger partial charge on any atom is -0.493 e. The van der Waals surface area contributed by atoms with Crippen LogP contribution in [0.15, 0.2) is 71.9 Å². The zero-order chi connectivity index (χ0) is 25.5. The first-order valence-electron chi connectivity index (χ1n) is 11.0. The Morgan fingerprint density at radius 2 is 1.54 bits per heavy atom. The predicted molar refractivity (Wildman–Crippen MR) is 127 cm³/mol. The monoisotopic (exact) mass is 507 g/mol. The first-order valence-corrected chi connectivity index (χ1v) is 12.4. The lowest BCUT2D eigenvalue weighted by Gasteiger charge is -2.13. The van der Waals surface area contributed by atoms with Gasteiger partial charge in [0, 0.05) is 16.5 Å². The van der Waals surface area contributed by atoms with Crippen LogP contribution >= 0.6 is 0 Å². The number of alkyl halides is 3. The van der Waals surface area contributed by atoms with Crippen molar-refractivity contribution in [1.82, 2.24) is 0 Å². The number of hydrogen-bond donors (Lipinski definition) is 0. The van der Waals surface area contributed by atoms with Crippen molar-refractivity contribution in [3.63, 3.8) is 0 Å². The van der Waals surface area contributed by atoms with Crippen LogP contribution in [0.1, 0.15) is 48.5 Å². The van der Waals surface area contributed by atoms with Crippen molar-refractivity contribution in [3.8, 4) is 5.75 Å². The molecule has 0 bridgehead atoms. The Morgan fingerprint density at radius 3 is 2.20 bits per heavy atom. The number of benzene rings is 3. The number of oxime groups is 1. The molecule has 35 heavy (non-hydrogen) atoms. The number of fused-ring (bicyclic) bond motifs is 1. The first-order chi connectivity index (χ1) is 16.7. The van der Waals surface area contributed by atoms with Gasteiger partial charge in [0.15, 0.2) is 5.71 Å². The van der Waals surface area contributed by atoms with E-state index in [1.54, 1.807) is 36.4 Å². The number of Topliss-reactive ketones (excluding diaryl/α,β-unsaturated/α-hetero) is 1. The maximum atomic E-state index is 13.4. The van der Waals surface area contributed by atoms with Crippen molar-refractivity contribution in [3.05, 3.63) is 77.9 Å². The number of halogens is 3. The Morgan fingerprint density at radius 1 is 0.886 bits per heavy atom. The van der Waals surface area contributed by atoms with E-state index in [0.29, 0.717) is 23.1 Å². The topological polar surface area (TPSA) is 82.0 Å². The van der Waals surface area contributed by atoms with Crippen LogP contribution in [0.4, 0.5) is 13.2 Å². The molecular weight excluding hydrogens is 483 g/mol. The van der Waals surface area contributed by atoms with Crippen molar-refractivity contribution in [2.45, 2.75) is 38.1 Å². The summed E-state index contributed by atoms with van der Waals surface area (Å²) < 4.78 is 70.8. The summed E-state index contributed by atoms with van der Waals surface area (Å²) >= 11 is 0. The number of carbonyl (C=O) groups is 1. The SMILES string of the molecule is CCCCCCOc1ccc(C(=O)/C(=N/OS(=O)(=O)C(F)(F)F)c2ccccc2)c2ccccc12. The highest BCUT2D eigenvalue weighted by molar-refractivity contribution is 7.87. The second-order valence-electron chi connectivity index (χ2n) is 7.68. The van der Waals surface area contributed by atoms with Gasteiger partial charge in [-0.25, -0.2) is 0 Å². The van der Waals surface area contributed by atoms with Crippen LogP contribution in [0.3, 0.4) is 0 Å². The molecule has 0 atom stereocenters. The molecule has 0 fully saturated rings. The smallest absolute Gasteiger partial charge is 0.493 e. The van der Waals surface area contributed by atoms with E-state index in [1.807, 2.05) is 0 Å². The quantitative estimate of drug-likeness (QED) is 0.101. The van der Waals surface area contributed by atoms with Crippen LogP contribution in [0.2, 0.25) is 0 Å². The molecule has 0 radical (unpaired) electrons. The van der Waals surface area contributed by atoms with E-state index in [4.69, 9.17) is 4.74 Å². The molecule has 3 rings (SSSR count). The molecule has 3 aromatic carbocycles. The number of carbonyl (C=O) groups excluding carboxylic acids is 1. The van der Waals surface area contributed by atoms with Gasteiger partial charge in [0.2, 0.25) is 5.78 Å². The van der Waals surface area contributed by atoms with Crippen LogP contribution in [-0.4, -0.2) is 32.0 Å². The largest absolute Gasteiger partial charge is 0.536 e. The van der Waals surface area contributed by atoms with Crippen molar-refractivity contribution in [1.29, 1.82) is 0 Å². The third kappa shape index (κ3) is 6.39. The Labute approximate surface area is 201 Å². The second-order valence-corrected chi connectivity index (χ2v) is 9.20. The Kier molecular flexibility index (Phi) is 8.50. The van der Waals surface area contributed by atoms with E-state index < -0.39 is 27.1 Å². The van der Waals surface area contributed by atoms with E-state index in [2.05, 4.69) is 16.4 Å². The molecule has 0 spiro atoms. The van der Waals surface area contributed by atoms with Crippen molar-refractivity contribution >= 4 is 32.4 Å². The molecule has 0 unspecified atom stereocenters. The van der Waals surface area contributed by atoms with Crippen LogP contribution in [-0.2, 0) is 14.4 Å². The first kappa shape index (κ1) is 26.2. The lowest BCUT2D eigenvalue weighted by Crippen LogP contribution is -2.25. The molecule has 3 aromatic rings. The number of hydrogen-bond acceptors (Lipinski definition) is 6. The lowest BCUT2D eigenvalue weighted by molar-refractivity contribution is -0.0540. The van der Waals surface area contributed by atoms with Gasteiger partial charge in [-0.2, -0.15) is 21.6 Å². The van der Waals surface area contributed by atoms with Gasteiger partial charge >= 0.3 is 15.6 Å². The Balaban J connectivity index is 2.00. The average molecular weight is 508 g/mol. The molecule has 0 aliphatic heterocycles. The fourth-order valence-electron chi connectivity index (χ4n) is 3.38. The maximum Gasteiger partial charge on any atom is 0.536 e. The van der Waals surface area contributed by atoms with E-state index in [0.717, 1.165) is 25.7 Å². The zero-order valence-corrected chi connectivity index (χ0v) is 19.7. The van der Waals surface area contributed by atoms with Gasteiger partial charge in [-0.3, -0.25) is 9.08 Å². The van der Waals surface area contributed by atoms with Crippen molar-refractivity contribution < 1.29 is 35.4 Å². The number of rotatable bonds is 11. The summed E-state index contributed by atoms with van der Waals surface area (Å²) in [5.41, 5.74) is -6.08. The molecule has 0 N–H and O–H groups in total. The summed E-state index contributed by atoms with van der Waals surface area (Å²) in [5.74, 6) is -0.248. The maximum absolute atomic E-state index is 13.4. The molecule has 6 nitrogen and oxygen atoms in total. The van der Waals surface area contributed by atoms with Crippen LogP contribution in [0.5, 0.6) is 5.75 Å². The molecular formula is C25H24F3NO5S. The van der Waals surface area contributed by atoms with Gasteiger partial charge in [0.05, 0.1) is 6.61 Å². The minimum atomic E-state index is -6.04. The van der Waals surface area contributed by atoms with Gasteiger partial charge in [0.1, 0.15) is 5.75 Å². The van der Waals surface area contributed by atoms with Crippen LogP contribution in [0.25, 0.3) is 10.8 Å².